The van der Waals surface area contributed by atoms with Crippen LogP contribution in [-0.4, -0.2) is 26.7 Å². The van der Waals surface area contributed by atoms with E-state index in [4.69, 9.17) is 0 Å². The molecule has 1 N–H and O–H groups in total. The van der Waals surface area contributed by atoms with Crippen molar-refractivity contribution in [2.45, 2.75) is 19.3 Å². The van der Waals surface area contributed by atoms with Crippen molar-refractivity contribution >= 4 is 5.69 Å². The third-order valence-corrected chi connectivity index (χ3v) is 4.08. The Bertz CT molecular complexity index is 524. The van der Waals surface area contributed by atoms with E-state index in [-0.39, 0.29) is 5.41 Å². The molecule has 0 aliphatic heterocycles. The molecule has 0 aliphatic carbocycles. The molecule has 0 aliphatic rings. The van der Waals surface area contributed by atoms with Crippen molar-refractivity contribution in [3.05, 3.63) is 66.2 Å². The zero-order valence-electron chi connectivity index (χ0n) is 13.3. The summed E-state index contributed by atoms with van der Waals surface area (Å²) >= 11 is 0. The first-order valence-electron chi connectivity index (χ1n) is 7.70. The molecular weight excluding hydrogens is 256 g/mol. The molecule has 112 valence electrons. The molecule has 0 fully saturated rings. The Morgan fingerprint density at radius 3 is 2.05 bits per heavy atom. The smallest absolute Gasteiger partial charge is 0.0366 e. The fraction of sp³-hybridized carbons (Fsp3) is 0.368. The van der Waals surface area contributed by atoms with Gasteiger partial charge in [0.2, 0.25) is 0 Å². The van der Waals surface area contributed by atoms with Gasteiger partial charge in [0.1, 0.15) is 0 Å². The minimum Gasteiger partial charge on any atom is -0.371 e. The van der Waals surface area contributed by atoms with Crippen LogP contribution in [0.2, 0.25) is 0 Å². The molecule has 2 nitrogen and oxygen atoms in total. The number of nitrogens with zero attached hydrogens (tertiary/aromatic N) is 1. The monoisotopic (exact) mass is 282 g/mol. The Hall–Kier alpha value is -1.80. The Morgan fingerprint density at radius 1 is 0.952 bits per heavy atom. The van der Waals surface area contributed by atoms with Crippen molar-refractivity contribution in [1.82, 2.24) is 5.32 Å². The first-order chi connectivity index (χ1) is 10.2. The molecule has 0 saturated carbocycles. The van der Waals surface area contributed by atoms with E-state index in [2.05, 4.69) is 84.7 Å². The van der Waals surface area contributed by atoms with Gasteiger partial charge in [-0.05, 0) is 31.7 Å². The highest BCUT2D eigenvalue weighted by Gasteiger charge is 2.28. The van der Waals surface area contributed by atoms with Gasteiger partial charge < -0.3 is 10.2 Å². The predicted octanol–water partition coefficient (Wildman–Crippen LogP) is 3.69. The lowest BCUT2D eigenvalue weighted by Gasteiger charge is -2.37. The molecular formula is C19H26N2. The highest BCUT2D eigenvalue weighted by Crippen LogP contribution is 2.26. The van der Waals surface area contributed by atoms with Crippen LogP contribution in [0.15, 0.2) is 60.7 Å². The summed E-state index contributed by atoms with van der Waals surface area (Å²) in [5.41, 5.74) is 2.76. The van der Waals surface area contributed by atoms with Crippen molar-refractivity contribution in [1.29, 1.82) is 0 Å². The highest BCUT2D eigenvalue weighted by atomic mass is 15.1. The summed E-state index contributed by atoms with van der Waals surface area (Å²) in [7, 11) is 2.03. The molecule has 0 radical (unpaired) electrons. The molecule has 0 bridgehead atoms. The lowest BCUT2D eigenvalue weighted by molar-refractivity contribution is 0.444. The molecule has 2 aromatic rings. The van der Waals surface area contributed by atoms with E-state index < -0.39 is 0 Å². The van der Waals surface area contributed by atoms with Crippen LogP contribution >= 0.6 is 0 Å². The van der Waals surface area contributed by atoms with Crippen LogP contribution in [0, 0.1) is 0 Å². The number of hydrogen-bond acceptors (Lipinski definition) is 2. The quantitative estimate of drug-likeness (QED) is 0.833. The molecule has 0 saturated heterocycles. The molecule has 0 heterocycles. The lowest BCUT2D eigenvalue weighted by Crippen LogP contribution is -2.45. The summed E-state index contributed by atoms with van der Waals surface area (Å²) in [4.78, 5) is 2.45. The van der Waals surface area contributed by atoms with E-state index in [9.17, 15) is 0 Å². The molecule has 0 spiro atoms. The van der Waals surface area contributed by atoms with Crippen LogP contribution in [0.1, 0.15) is 19.4 Å². The average Bonchev–Trinajstić information content (AvgIpc) is 2.54. The third kappa shape index (κ3) is 3.85. The average molecular weight is 282 g/mol. The maximum absolute atomic E-state index is 3.36. The van der Waals surface area contributed by atoms with E-state index in [1.807, 2.05) is 7.05 Å². The number of anilines is 1. The first kappa shape index (κ1) is 15.6. The Balaban J connectivity index is 2.26. The third-order valence-electron chi connectivity index (χ3n) is 4.08. The Kier molecular flexibility index (Phi) is 5.40. The van der Waals surface area contributed by atoms with Gasteiger partial charge in [0.05, 0.1) is 0 Å². The zero-order chi connectivity index (χ0) is 15.1. The number of hydrogen-bond donors (Lipinski definition) is 1. The molecule has 2 rings (SSSR count). The molecule has 21 heavy (non-hydrogen) atoms. The van der Waals surface area contributed by atoms with Crippen molar-refractivity contribution in [3.63, 3.8) is 0 Å². The summed E-state index contributed by atoms with van der Waals surface area (Å²) < 4.78 is 0. The van der Waals surface area contributed by atoms with Crippen molar-refractivity contribution in [3.8, 4) is 0 Å². The van der Waals surface area contributed by atoms with E-state index >= 15 is 0 Å². The van der Waals surface area contributed by atoms with Gasteiger partial charge >= 0.3 is 0 Å². The van der Waals surface area contributed by atoms with E-state index in [0.717, 1.165) is 19.6 Å². The van der Waals surface area contributed by atoms with Gasteiger partial charge in [0, 0.05) is 30.7 Å². The highest BCUT2D eigenvalue weighted by molar-refractivity contribution is 5.47. The van der Waals surface area contributed by atoms with Crippen LogP contribution in [0.5, 0.6) is 0 Å². The second kappa shape index (κ2) is 7.28. The SMILES string of the molecule is CCN(CC(C)(CNC)c1ccccc1)c1ccccc1. The molecule has 2 aromatic carbocycles. The molecule has 0 amide bonds. The van der Waals surface area contributed by atoms with Crippen LogP contribution in [0.3, 0.4) is 0 Å². The summed E-state index contributed by atoms with van der Waals surface area (Å²) in [6.45, 7) is 7.52. The minimum atomic E-state index is 0.0852. The summed E-state index contributed by atoms with van der Waals surface area (Å²) in [6, 6.07) is 21.5. The van der Waals surface area contributed by atoms with Gasteiger partial charge in [0.25, 0.3) is 0 Å². The van der Waals surface area contributed by atoms with E-state index in [1.54, 1.807) is 0 Å². The van der Waals surface area contributed by atoms with Crippen LogP contribution in [0.4, 0.5) is 5.69 Å². The zero-order valence-corrected chi connectivity index (χ0v) is 13.3. The number of nitrogens with one attached hydrogen (secondary N) is 1. The molecule has 0 aromatic heterocycles. The fourth-order valence-electron chi connectivity index (χ4n) is 2.93. The van der Waals surface area contributed by atoms with Crippen LogP contribution in [0.25, 0.3) is 0 Å². The van der Waals surface area contributed by atoms with Crippen LogP contribution in [-0.2, 0) is 5.41 Å². The first-order valence-corrected chi connectivity index (χ1v) is 7.70. The van der Waals surface area contributed by atoms with E-state index in [1.165, 1.54) is 11.3 Å². The number of likely N-dealkylation sites (N-methyl/N-ethyl adjacent to an activating group) is 2. The van der Waals surface area contributed by atoms with Gasteiger partial charge in [-0.3, -0.25) is 0 Å². The number of rotatable bonds is 7. The largest absolute Gasteiger partial charge is 0.371 e. The van der Waals surface area contributed by atoms with Gasteiger partial charge in [-0.2, -0.15) is 0 Å². The Morgan fingerprint density at radius 2 is 1.52 bits per heavy atom. The lowest BCUT2D eigenvalue weighted by atomic mass is 9.81. The second-order valence-corrected chi connectivity index (χ2v) is 5.81. The summed E-state index contributed by atoms with van der Waals surface area (Å²) in [5.74, 6) is 0. The molecule has 1 unspecified atom stereocenters. The van der Waals surface area contributed by atoms with Gasteiger partial charge in [-0.25, -0.2) is 0 Å². The van der Waals surface area contributed by atoms with Gasteiger partial charge in [-0.15, -0.1) is 0 Å². The molecule has 1 atom stereocenters. The maximum Gasteiger partial charge on any atom is 0.0366 e. The summed E-state index contributed by atoms with van der Waals surface area (Å²) in [6.07, 6.45) is 0. The van der Waals surface area contributed by atoms with Gasteiger partial charge in [-0.1, -0.05) is 55.5 Å². The van der Waals surface area contributed by atoms with E-state index in [0.29, 0.717) is 0 Å². The van der Waals surface area contributed by atoms with Crippen molar-refractivity contribution in [2.75, 3.05) is 31.6 Å². The van der Waals surface area contributed by atoms with Crippen molar-refractivity contribution in [2.24, 2.45) is 0 Å². The fourth-order valence-corrected chi connectivity index (χ4v) is 2.93. The normalized spacial score (nSPS) is 13.7. The van der Waals surface area contributed by atoms with Gasteiger partial charge in [0.15, 0.2) is 0 Å². The maximum atomic E-state index is 3.36. The second-order valence-electron chi connectivity index (χ2n) is 5.81. The number of benzene rings is 2. The minimum absolute atomic E-state index is 0.0852. The molecule has 2 heteroatoms. The van der Waals surface area contributed by atoms with Crippen molar-refractivity contribution < 1.29 is 0 Å². The predicted molar refractivity (Wildman–Crippen MR) is 92.0 cm³/mol. The van der Waals surface area contributed by atoms with Crippen LogP contribution < -0.4 is 10.2 Å². The summed E-state index contributed by atoms with van der Waals surface area (Å²) in [5, 5.41) is 3.36. The standard InChI is InChI=1S/C19H26N2/c1-4-21(18-13-9-6-10-14-18)16-19(2,15-20-3)17-11-7-5-8-12-17/h5-14,20H,4,15-16H2,1-3H3. The number of para-hydroxylation sites is 1. The Labute approximate surface area is 128 Å². The topological polar surface area (TPSA) is 15.3 Å².